The van der Waals surface area contributed by atoms with Crippen LogP contribution in [0.3, 0.4) is 0 Å². The predicted octanol–water partition coefficient (Wildman–Crippen LogP) is 3.65. The summed E-state index contributed by atoms with van der Waals surface area (Å²) < 4.78 is 0. The van der Waals surface area contributed by atoms with E-state index in [2.05, 4.69) is 5.32 Å². The van der Waals surface area contributed by atoms with Crippen LogP contribution in [0.4, 0.5) is 5.69 Å². The minimum Gasteiger partial charge on any atom is -0.387 e. The minimum atomic E-state index is -0.0325. The molecular weight excluding hydrogens is 272 g/mol. The third-order valence-corrected chi connectivity index (χ3v) is 3.51. The van der Waals surface area contributed by atoms with Gasteiger partial charge in [0.2, 0.25) is 0 Å². The molecular formula is C16H17ClN2O. The van der Waals surface area contributed by atoms with Crippen molar-refractivity contribution in [1.29, 1.82) is 0 Å². The average molecular weight is 289 g/mol. The Balaban J connectivity index is 2.19. The van der Waals surface area contributed by atoms with Crippen LogP contribution in [0.15, 0.2) is 48.5 Å². The normalized spacial score (nSPS) is 10.2. The van der Waals surface area contributed by atoms with E-state index in [1.54, 1.807) is 19.0 Å². The zero-order valence-electron chi connectivity index (χ0n) is 11.6. The largest absolute Gasteiger partial charge is 0.387 e. The Labute approximate surface area is 124 Å². The molecule has 0 fully saturated rings. The van der Waals surface area contributed by atoms with E-state index in [1.807, 2.05) is 48.5 Å². The number of nitrogens with one attached hydrogen (secondary N) is 1. The Morgan fingerprint density at radius 1 is 1.15 bits per heavy atom. The van der Waals surface area contributed by atoms with Crippen LogP contribution in [0, 0.1) is 0 Å². The summed E-state index contributed by atoms with van der Waals surface area (Å²) >= 11 is 6.13. The molecule has 0 saturated carbocycles. The van der Waals surface area contributed by atoms with Gasteiger partial charge >= 0.3 is 0 Å². The molecule has 1 N–H and O–H groups in total. The fourth-order valence-corrected chi connectivity index (χ4v) is 2.24. The number of rotatable bonds is 4. The van der Waals surface area contributed by atoms with Crippen LogP contribution >= 0.6 is 11.6 Å². The van der Waals surface area contributed by atoms with E-state index in [-0.39, 0.29) is 5.91 Å². The summed E-state index contributed by atoms with van der Waals surface area (Å²) in [4.78, 5) is 14.1. The quantitative estimate of drug-likeness (QED) is 0.931. The second-order valence-electron chi connectivity index (χ2n) is 4.55. The lowest BCUT2D eigenvalue weighted by Crippen LogP contribution is -2.27. The van der Waals surface area contributed by atoms with Gasteiger partial charge in [0.15, 0.2) is 0 Å². The number of hydrogen-bond donors (Lipinski definition) is 1. The summed E-state index contributed by atoms with van der Waals surface area (Å²) in [5.74, 6) is -0.0325. The van der Waals surface area contributed by atoms with E-state index in [0.29, 0.717) is 17.1 Å². The van der Waals surface area contributed by atoms with E-state index in [9.17, 15) is 4.79 Å². The molecule has 2 aromatic carbocycles. The molecule has 0 unspecified atom stereocenters. The van der Waals surface area contributed by atoms with Crippen molar-refractivity contribution in [3.8, 4) is 0 Å². The highest BCUT2D eigenvalue weighted by molar-refractivity contribution is 6.31. The molecule has 0 aliphatic carbocycles. The van der Waals surface area contributed by atoms with Crippen molar-refractivity contribution in [2.75, 3.05) is 19.4 Å². The van der Waals surface area contributed by atoms with Gasteiger partial charge < -0.3 is 10.2 Å². The van der Waals surface area contributed by atoms with E-state index in [0.717, 1.165) is 11.3 Å². The number of para-hydroxylation sites is 1. The van der Waals surface area contributed by atoms with Crippen LogP contribution in [0.2, 0.25) is 5.02 Å². The minimum absolute atomic E-state index is 0.0325. The topological polar surface area (TPSA) is 32.3 Å². The molecule has 2 rings (SSSR count). The molecule has 0 aliphatic rings. The Morgan fingerprint density at radius 2 is 1.80 bits per heavy atom. The fourth-order valence-electron chi connectivity index (χ4n) is 2.05. The maximum Gasteiger partial charge on any atom is 0.255 e. The number of carbonyl (C=O) groups is 1. The molecule has 0 spiro atoms. The molecule has 1 amide bonds. The van der Waals surface area contributed by atoms with E-state index < -0.39 is 0 Å². The number of halogens is 1. The summed E-state index contributed by atoms with van der Waals surface area (Å²) in [7, 11) is 3.58. The highest BCUT2D eigenvalue weighted by Crippen LogP contribution is 2.20. The summed E-state index contributed by atoms with van der Waals surface area (Å²) in [6.45, 7) is 0.483. The van der Waals surface area contributed by atoms with Gasteiger partial charge in [-0.15, -0.1) is 0 Å². The standard InChI is InChI=1S/C16H17ClN2O/c1-18-15-10-6-4-8-13(15)16(20)19(2)11-12-7-3-5-9-14(12)17/h3-10,18H,11H2,1-2H3. The molecule has 0 radical (unpaired) electrons. The van der Waals surface area contributed by atoms with Crippen molar-refractivity contribution in [1.82, 2.24) is 4.90 Å². The van der Waals surface area contributed by atoms with Crippen molar-refractivity contribution >= 4 is 23.2 Å². The summed E-state index contributed by atoms with van der Waals surface area (Å²) in [5, 5.41) is 3.71. The highest BCUT2D eigenvalue weighted by Gasteiger charge is 2.15. The van der Waals surface area contributed by atoms with Crippen molar-refractivity contribution in [3.05, 3.63) is 64.7 Å². The first kappa shape index (κ1) is 14.4. The lowest BCUT2D eigenvalue weighted by atomic mass is 10.1. The molecule has 104 valence electrons. The fraction of sp³-hybridized carbons (Fsp3) is 0.188. The Kier molecular flexibility index (Phi) is 4.64. The molecule has 0 aliphatic heterocycles. The molecule has 20 heavy (non-hydrogen) atoms. The second-order valence-corrected chi connectivity index (χ2v) is 4.96. The third-order valence-electron chi connectivity index (χ3n) is 3.14. The monoisotopic (exact) mass is 288 g/mol. The molecule has 0 bridgehead atoms. The first-order valence-corrected chi connectivity index (χ1v) is 6.77. The Bertz CT molecular complexity index is 613. The lowest BCUT2D eigenvalue weighted by Gasteiger charge is -2.19. The molecule has 4 heteroatoms. The number of benzene rings is 2. The van der Waals surface area contributed by atoms with Gasteiger partial charge in [-0.3, -0.25) is 4.79 Å². The van der Waals surface area contributed by atoms with Crippen molar-refractivity contribution in [2.45, 2.75) is 6.54 Å². The van der Waals surface area contributed by atoms with Gasteiger partial charge in [-0.25, -0.2) is 0 Å². The second kappa shape index (κ2) is 6.44. The van der Waals surface area contributed by atoms with E-state index >= 15 is 0 Å². The summed E-state index contributed by atoms with van der Waals surface area (Å²) in [6, 6.07) is 15.0. The van der Waals surface area contributed by atoms with Gasteiger partial charge in [0.1, 0.15) is 0 Å². The van der Waals surface area contributed by atoms with Gasteiger partial charge in [-0.2, -0.15) is 0 Å². The zero-order chi connectivity index (χ0) is 14.5. The number of nitrogens with zero attached hydrogens (tertiary/aromatic N) is 1. The van der Waals surface area contributed by atoms with Gasteiger partial charge in [-0.1, -0.05) is 41.9 Å². The van der Waals surface area contributed by atoms with Gasteiger partial charge in [-0.05, 0) is 23.8 Å². The van der Waals surface area contributed by atoms with E-state index in [4.69, 9.17) is 11.6 Å². The van der Waals surface area contributed by atoms with Crippen molar-refractivity contribution in [2.24, 2.45) is 0 Å². The van der Waals surface area contributed by atoms with Crippen LogP contribution < -0.4 is 5.32 Å². The third kappa shape index (κ3) is 3.11. The average Bonchev–Trinajstić information content (AvgIpc) is 2.48. The van der Waals surface area contributed by atoms with Crippen LogP contribution in [-0.2, 0) is 6.54 Å². The Morgan fingerprint density at radius 3 is 2.50 bits per heavy atom. The smallest absolute Gasteiger partial charge is 0.255 e. The zero-order valence-corrected chi connectivity index (χ0v) is 12.3. The van der Waals surface area contributed by atoms with Crippen LogP contribution in [-0.4, -0.2) is 24.9 Å². The first-order valence-electron chi connectivity index (χ1n) is 6.39. The molecule has 0 atom stereocenters. The lowest BCUT2D eigenvalue weighted by molar-refractivity contribution is 0.0786. The molecule has 0 saturated heterocycles. The van der Waals surface area contributed by atoms with Crippen molar-refractivity contribution in [3.63, 3.8) is 0 Å². The van der Waals surface area contributed by atoms with Crippen LogP contribution in [0.25, 0.3) is 0 Å². The Hall–Kier alpha value is -2.00. The van der Waals surface area contributed by atoms with Crippen LogP contribution in [0.1, 0.15) is 15.9 Å². The molecule has 0 heterocycles. The van der Waals surface area contributed by atoms with E-state index in [1.165, 1.54) is 0 Å². The number of hydrogen-bond acceptors (Lipinski definition) is 2. The summed E-state index contributed by atoms with van der Waals surface area (Å²) in [5.41, 5.74) is 2.42. The number of amides is 1. The van der Waals surface area contributed by atoms with Crippen LogP contribution in [0.5, 0.6) is 0 Å². The SMILES string of the molecule is CNc1ccccc1C(=O)N(C)Cc1ccccc1Cl. The van der Waals surface area contributed by atoms with Crippen molar-refractivity contribution < 1.29 is 4.79 Å². The van der Waals surface area contributed by atoms with Gasteiger partial charge in [0, 0.05) is 31.4 Å². The maximum atomic E-state index is 12.5. The molecule has 2 aromatic rings. The number of carbonyl (C=O) groups excluding carboxylic acids is 1. The molecule has 3 nitrogen and oxygen atoms in total. The highest BCUT2D eigenvalue weighted by atomic mass is 35.5. The predicted molar refractivity (Wildman–Crippen MR) is 83.2 cm³/mol. The van der Waals surface area contributed by atoms with Gasteiger partial charge in [0.25, 0.3) is 5.91 Å². The summed E-state index contributed by atoms with van der Waals surface area (Å²) in [6.07, 6.45) is 0. The molecule has 0 aromatic heterocycles. The maximum absolute atomic E-state index is 12.5. The number of anilines is 1. The van der Waals surface area contributed by atoms with Gasteiger partial charge in [0.05, 0.1) is 5.56 Å². The first-order chi connectivity index (χ1) is 9.63.